The van der Waals surface area contributed by atoms with Crippen LogP contribution >= 0.6 is 24.0 Å². The van der Waals surface area contributed by atoms with Crippen molar-refractivity contribution < 1.29 is 13.9 Å². The number of ether oxygens (including phenoxy) is 1. The maximum atomic E-state index is 13.2. The van der Waals surface area contributed by atoms with Gasteiger partial charge in [0.2, 0.25) is 0 Å². The van der Waals surface area contributed by atoms with Crippen LogP contribution in [0.4, 0.5) is 5.82 Å². The van der Waals surface area contributed by atoms with Crippen molar-refractivity contribution in [3.63, 3.8) is 0 Å². The van der Waals surface area contributed by atoms with Crippen molar-refractivity contribution >= 4 is 51.7 Å². The minimum absolute atomic E-state index is 0.242. The Hall–Kier alpha value is -2.95. The third-order valence-corrected chi connectivity index (χ3v) is 6.01. The van der Waals surface area contributed by atoms with Crippen molar-refractivity contribution in [1.82, 2.24) is 14.3 Å². The van der Waals surface area contributed by atoms with Gasteiger partial charge in [-0.1, -0.05) is 30.0 Å². The van der Waals surface area contributed by atoms with Crippen LogP contribution in [0.3, 0.4) is 0 Å². The van der Waals surface area contributed by atoms with Crippen LogP contribution in [0.5, 0.6) is 0 Å². The first-order valence-corrected chi connectivity index (χ1v) is 10.8. The first-order valence-electron chi connectivity index (χ1n) is 9.60. The van der Waals surface area contributed by atoms with Crippen LogP contribution in [-0.2, 0) is 16.1 Å². The first-order chi connectivity index (χ1) is 15.1. The van der Waals surface area contributed by atoms with Crippen LogP contribution in [0.15, 0.2) is 56.9 Å². The average molecular weight is 457 g/mol. The third kappa shape index (κ3) is 4.55. The van der Waals surface area contributed by atoms with Crippen LogP contribution in [0, 0.1) is 0 Å². The van der Waals surface area contributed by atoms with Crippen LogP contribution in [0.25, 0.3) is 11.7 Å². The molecular formula is C21H20N4O4S2. The summed E-state index contributed by atoms with van der Waals surface area (Å²) in [4.78, 5) is 32.6. The largest absolute Gasteiger partial charge is 0.467 e. The van der Waals surface area contributed by atoms with E-state index in [9.17, 15) is 9.59 Å². The fourth-order valence-corrected chi connectivity index (χ4v) is 4.35. The van der Waals surface area contributed by atoms with Gasteiger partial charge in [-0.25, -0.2) is 4.98 Å². The second kappa shape index (κ2) is 9.46. The Morgan fingerprint density at radius 1 is 1.29 bits per heavy atom. The second-order valence-corrected chi connectivity index (χ2v) is 8.40. The molecule has 3 aromatic heterocycles. The van der Waals surface area contributed by atoms with Crippen LogP contribution in [0.2, 0.25) is 0 Å². The summed E-state index contributed by atoms with van der Waals surface area (Å²) >= 11 is 6.54. The van der Waals surface area contributed by atoms with Crippen LogP contribution < -0.4 is 10.9 Å². The van der Waals surface area contributed by atoms with Crippen molar-refractivity contribution in [1.29, 1.82) is 0 Å². The Balaban J connectivity index is 1.69. The zero-order chi connectivity index (χ0) is 21.8. The Bertz CT molecular complexity index is 1200. The molecule has 10 heteroatoms. The number of thioether (sulfide) groups is 1. The highest BCUT2D eigenvalue weighted by Gasteiger charge is 2.33. The molecule has 0 bridgehead atoms. The molecule has 1 amide bonds. The molecule has 0 saturated carbocycles. The van der Waals surface area contributed by atoms with Crippen molar-refractivity contribution in [2.45, 2.75) is 13.0 Å². The number of furan rings is 1. The molecule has 1 aliphatic heterocycles. The first kappa shape index (κ1) is 21.3. The predicted octanol–water partition coefficient (Wildman–Crippen LogP) is 3.14. The smallest absolute Gasteiger partial charge is 0.267 e. The van der Waals surface area contributed by atoms with E-state index in [2.05, 4.69) is 10.3 Å². The molecule has 160 valence electrons. The van der Waals surface area contributed by atoms with Gasteiger partial charge in [0.05, 0.1) is 23.3 Å². The van der Waals surface area contributed by atoms with E-state index in [-0.39, 0.29) is 18.0 Å². The summed E-state index contributed by atoms with van der Waals surface area (Å²) in [6.07, 6.45) is 5.51. The maximum Gasteiger partial charge on any atom is 0.267 e. The molecule has 1 fully saturated rings. The number of carbonyl (C=O) groups is 1. The minimum atomic E-state index is -0.269. The molecule has 1 saturated heterocycles. The average Bonchev–Trinajstić information content (AvgIpc) is 3.38. The molecule has 4 heterocycles. The standard InChI is InChI=1S/C21H20N4O4S2/c1-28-10-5-8-22-18-15(19(26)24-9-3-2-7-17(24)23-18)12-16-20(27)25(21(30)31-16)13-14-6-4-11-29-14/h2-4,6-7,9,11-12,22H,5,8,10,13H2,1H3/b16-12+. The number of hydrogen-bond acceptors (Lipinski definition) is 8. The molecule has 3 aromatic rings. The van der Waals surface area contributed by atoms with E-state index in [0.717, 1.165) is 18.2 Å². The highest BCUT2D eigenvalue weighted by molar-refractivity contribution is 8.26. The van der Waals surface area contributed by atoms with Gasteiger partial charge in [0.1, 0.15) is 21.5 Å². The summed E-state index contributed by atoms with van der Waals surface area (Å²) in [6, 6.07) is 8.87. The summed E-state index contributed by atoms with van der Waals surface area (Å²) < 4.78 is 12.3. The Morgan fingerprint density at radius 3 is 2.94 bits per heavy atom. The zero-order valence-corrected chi connectivity index (χ0v) is 18.4. The molecule has 0 spiro atoms. The molecule has 4 rings (SSSR count). The van der Waals surface area contributed by atoms with Crippen molar-refractivity contribution in [2.24, 2.45) is 0 Å². The molecular weight excluding hydrogens is 436 g/mol. The highest BCUT2D eigenvalue weighted by atomic mass is 32.2. The Labute approximate surface area is 187 Å². The molecule has 1 N–H and O–H groups in total. The monoisotopic (exact) mass is 456 g/mol. The second-order valence-electron chi connectivity index (χ2n) is 6.73. The lowest BCUT2D eigenvalue weighted by molar-refractivity contribution is -0.122. The van der Waals surface area contributed by atoms with Crippen molar-refractivity contribution in [2.75, 3.05) is 25.6 Å². The summed E-state index contributed by atoms with van der Waals surface area (Å²) in [7, 11) is 1.64. The van der Waals surface area contributed by atoms with Gasteiger partial charge in [0.25, 0.3) is 11.5 Å². The fourth-order valence-electron chi connectivity index (χ4n) is 3.12. The lowest BCUT2D eigenvalue weighted by Gasteiger charge is -2.12. The number of thiocarbonyl (C=S) groups is 1. The normalized spacial score (nSPS) is 15.4. The van der Waals surface area contributed by atoms with E-state index in [0.29, 0.717) is 45.2 Å². The number of aromatic nitrogens is 2. The fraction of sp³-hybridized carbons (Fsp3) is 0.238. The molecule has 1 aliphatic rings. The van der Waals surface area contributed by atoms with E-state index in [1.54, 1.807) is 49.9 Å². The number of fused-ring (bicyclic) bond motifs is 1. The van der Waals surface area contributed by atoms with E-state index in [1.807, 2.05) is 6.07 Å². The Morgan fingerprint density at radius 2 is 2.16 bits per heavy atom. The van der Waals surface area contributed by atoms with Crippen LogP contribution in [0.1, 0.15) is 17.7 Å². The number of carbonyl (C=O) groups excluding carboxylic acids is 1. The zero-order valence-electron chi connectivity index (χ0n) is 16.7. The summed E-state index contributed by atoms with van der Waals surface area (Å²) in [5.74, 6) is 0.781. The predicted molar refractivity (Wildman–Crippen MR) is 124 cm³/mol. The summed E-state index contributed by atoms with van der Waals surface area (Å²) in [6.45, 7) is 1.40. The molecule has 0 radical (unpaired) electrons. The quantitative estimate of drug-likeness (QED) is 0.314. The van der Waals surface area contributed by atoms with Crippen LogP contribution in [-0.4, -0.2) is 44.8 Å². The summed E-state index contributed by atoms with van der Waals surface area (Å²) in [5, 5.41) is 3.20. The number of methoxy groups -OCH3 is 1. The van der Waals surface area contributed by atoms with Crippen molar-refractivity contribution in [3.8, 4) is 0 Å². The molecule has 31 heavy (non-hydrogen) atoms. The molecule has 0 unspecified atom stereocenters. The summed E-state index contributed by atoms with van der Waals surface area (Å²) in [5.41, 5.74) is 0.556. The number of anilines is 1. The van der Waals surface area contributed by atoms with E-state index >= 15 is 0 Å². The van der Waals surface area contributed by atoms with Crippen molar-refractivity contribution in [3.05, 3.63) is 69.4 Å². The lowest BCUT2D eigenvalue weighted by Crippen LogP contribution is -2.27. The van der Waals surface area contributed by atoms with Gasteiger partial charge in [-0.05, 0) is 36.8 Å². The molecule has 0 aliphatic carbocycles. The minimum Gasteiger partial charge on any atom is -0.467 e. The van der Waals surface area contributed by atoms with Gasteiger partial charge in [0, 0.05) is 26.5 Å². The third-order valence-electron chi connectivity index (χ3n) is 4.63. The number of amides is 1. The van der Waals surface area contributed by atoms with E-state index < -0.39 is 0 Å². The SMILES string of the molecule is COCCCNc1nc2ccccn2c(=O)c1/C=C1/SC(=S)N(Cc2ccco2)C1=O. The van der Waals surface area contributed by atoms with Gasteiger partial charge >= 0.3 is 0 Å². The molecule has 0 aromatic carbocycles. The number of pyridine rings is 1. The topological polar surface area (TPSA) is 89.1 Å². The van der Waals surface area contributed by atoms with Gasteiger partial charge in [-0.3, -0.25) is 18.9 Å². The maximum absolute atomic E-state index is 13.2. The number of hydrogen-bond donors (Lipinski definition) is 1. The molecule has 0 atom stereocenters. The molecule has 8 nitrogen and oxygen atoms in total. The van der Waals surface area contributed by atoms with Gasteiger partial charge in [0.15, 0.2) is 0 Å². The number of nitrogens with one attached hydrogen (secondary N) is 1. The van der Waals surface area contributed by atoms with Gasteiger partial charge < -0.3 is 14.5 Å². The number of rotatable bonds is 8. The lowest BCUT2D eigenvalue weighted by atomic mass is 10.2. The number of nitrogens with zero attached hydrogens (tertiary/aromatic N) is 3. The van der Waals surface area contributed by atoms with E-state index in [1.165, 1.54) is 9.30 Å². The van der Waals surface area contributed by atoms with Gasteiger partial charge in [-0.2, -0.15) is 0 Å². The van der Waals surface area contributed by atoms with E-state index in [4.69, 9.17) is 21.4 Å². The Kier molecular flexibility index (Phi) is 6.50. The highest BCUT2D eigenvalue weighted by Crippen LogP contribution is 2.34. The van der Waals surface area contributed by atoms with Gasteiger partial charge in [-0.15, -0.1) is 0 Å².